The Balaban J connectivity index is 1.70. The minimum Gasteiger partial charge on any atom is -0.323 e. The molecule has 19 heavy (non-hydrogen) atoms. The van der Waals surface area contributed by atoms with Crippen molar-refractivity contribution in [2.45, 2.75) is 58.0 Å². The molecule has 2 saturated carbocycles. The predicted octanol–water partition coefficient (Wildman–Crippen LogP) is 3.77. The van der Waals surface area contributed by atoms with Gasteiger partial charge in [-0.3, -0.25) is 4.68 Å². The van der Waals surface area contributed by atoms with Gasteiger partial charge in [0, 0.05) is 12.6 Å². The molecule has 0 saturated heterocycles. The molecule has 2 fully saturated rings. The maximum atomic E-state index is 6.44. The van der Waals surface area contributed by atoms with E-state index in [0.29, 0.717) is 0 Å². The number of nitrogens with two attached hydrogens (primary N) is 1. The van der Waals surface area contributed by atoms with E-state index >= 15 is 0 Å². The fraction of sp³-hybridized carbons (Fsp3) is 0.800. The van der Waals surface area contributed by atoms with Crippen LogP contribution < -0.4 is 5.73 Å². The van der Waals surface area contributed by atoms with Gasteiger partial charge >= 0.3 is 0 Å². The van der Waals surface area contributed by atoms with E-state index in [1.165, 1.54) is 25.7 Å². The van der Waals surface area contributed by atoms with E-state index in [0.717, 1.165) is 47.9 Å². The Bertz CT molecular complexity index is 443. The smallest absolute Gasteiger partial charge is 0.0834 e. The molecule has 3 rings (SSSR count). The molecular formula is C15H24ClN3. The minimum atomic E-state index is 0.0471. The molecule has 0 spiro atoms. The Kier molecular flexibility index (Phi) is 3.86. The van der Waals surface area contributed by atoms with Crippen LogP contribution in [0.5, 0.6) is 0 Å². The summed E-state index contributed by atoms with van der Waals surface area (Å²) in [7, 11) is 0. The van der Waals surface area contributed by atoms with E-state index in [9.17, 15) is 0 Å². The van der Waals surface area contributed by atoms with E-state index < -0.39 is 0 Å². The van der Waals surface area contributed by atoms with Gasteiger partial charge in [0.05, 0.1) is 16.9 Å². The highest BCUT2D eigenvalue weighted by Crippen LogP contribution is 2.50. The molecule has 106 valence electrons. The molecule has 2 aliphatic carbocycles. The zero-order valence-electron chi connectivity index (χ0n) is 11.7. The maximum Gasteiger partial charge on any atom is 0.0834 e. The maximum absolute atomic E-state index is 6.44. The molecule has 4 unspecified atom stereocenters. The van der Waals surface area contributed by atoms with Crippen molar-refractivity contribution >= 4 is 11.6 Å². The number of rotatable bonds is 5. The number of fused-ring (bicyclic) bond motifs is 2. The topological polar surface area (TPSA) is 43.8 Å². The van der Waals surface area contributed by atoms with E-state index in [1.54, 1.807) is 6.20 Å². The first-order valence-electron chi connectivity index (χ1n) is 7.65. The van der Waals surface area contributed by atoms with Gasteiger partial charge in [-0.25, -0.2) is 0 Å². The molecule has 0 aromatic carbocycles. The van der Waals surface area contributed by atoms with Gasteiger partial charge in [-0.15, -0.1) is 0 Å². The van der Waals surface area contributed by atoms with Crippen LogP contribution in [-0.4, -0.2) is 9.78 Å². The largest absolute Gasteiger partial charge is 0.323 e. The van der Waals surface area contributed by atoms with Crippen molar-refractivity contribution in [1.82, 2.24) is 9.78 Å². The van der Waals surface area contributed by atoms with Crippen LogP contribution in [0.15, 0.2) is 6.20 Å². The number of hydrogen-bond acceptors (Lipinski definition) is 2. The van der Waals surface area contributed by atoms with E-state index in [2.05, 4.69) is 12.0 Å². The summed E-state index contributed by atoms with van der Waals surface area (Å²) in [5, 5.41) is 5.09. The molecule has 4 atom stereocenters. The molecule has 1 heterocycles. The summed E-state index contributed by atoms with van der Waals surface area (Å²) < 4.78 is 2.00. The summed E-state index contributed by atoms with van der Waals surface area (Å²) in [4.78, 5) is 0. The van der Waals surface area contributed by atoms with Crippen molar-refractivity contribution in [2.75, 3.05) is 0 Å². The van der Waals surface area contributed by atoms with Gasteiger partial charge in [-0.1, -0.05) is 24.9 Å². The normalized spacial score (nSPS) is 31.0. The van der Waals surface area contributed by atoms with Gasteiger partial charge in [-0.2, -0.15) is 5.10 Å². The first-order valence-corrected chi connectivity index (χ1v) is 8.03. The van der Waals surface area contributed by atoms with Gasteiger partial charge in [0.25, 0.3) is 0 Å². The Hall–Kier alpha value is -0.540. The van der Waals surface area contributed by atoms with Gasteiger partial charge in [0.1, 0.15) is 0 Å². The average molecular weight is 282 g/mol. The third kappa shape index (κ3) is 2.55. The summed E-state index contributed by atoms with van der Waals surface area (Å²) in [6.07, 6.45) is 9.58. The monoisotopic (exact) mass is 281 g/mol. The Morgan fingerprint density at radius 1 is 1.47 bits per heavy atom. The number of halogens is 1. The minimum absolute atomic E-state index is 0.0471. The molecular weight excluding hydrogens is 258 g/mol. The molecule has 0 aliphatic heterocycles. The first kappa shape index (κ1) is 13.4. The number of aryl methyl sites for hydroxylation is 1. The summed E-state index contributed by atoms with van der Waals surface area (Å²) in [6, 6.07) is 0.0471. The summed E-state index contributed by atoms with van der Waals surface area (Å²) in [6.45, 7) is 3.06. The molecule has 2 N–H and O–H groups in total. The van der Waals surface area contributed by atoms with Crippen LogP contribution in [0, 0.1) is 17.8 Å². The van der Waals surface area contributed by atoms with Crippen LogP contribution in [0.25, 0.3) is 0 Å². The lowest BCUT2D eigenvalue weighted by Crippen LogP contribution is -2.22. The second-order valence-corrected chi connectivity index (χ2v) is 6.79. The SMILES string of the molecule is CCCn1ncc(Cl)c1C(N)CC1CC2CCC1C2. The van der Waals surface area contributed by atoms with Crippen molar-refractivity contribution in [1.29, 1.82) is 0 Å². The number of nitrogens with zero attached hydrogens (tertiary/aromatic N) is 2. The first-order chi connectivity index (χ1) is 9.19. The highest BCUT2D eigenvalue weighted by atomic mass is 35.5. The lowest BCUT2D eigenvalue weighted by atomic mass is 9.84. The van der Waals surface area contributed by atoms with Crippen molar-refractivity contribution in [2.24, 2.45) is 23.5 Å². The van der Waals surface area contributed by atoms with Gasteiger partial charge in [0.15, 0.2) is 0 Å². The fourth-order valence-corrected chi connectivity index (χ4v) is 4.51. The van der Waals surface area contributed by atoms with Crippen LogP contribution in [-0.2, 0) is 6.54 Å². The molecule has 2 bridgehead atoms. The van der Waals surface area contributed by atoms with E-state index in [1.807, 2.05) is 4.68 Å². The standard InChI is InChI=1S/C15H24ClN3/c1-2-5-19-15(13(16)9-18-19)14(17)8-12-7-10-3-4-11(12)6-10/h9-12,14H,2-8,17H2,1H3. The predicted molar refractivity (Wildman–Crippen MR) is 78.0 cm³/mol. The fourth-order valence-electron chi connectivity index (χ4n) is 4.23. The van der Waals surface area contributed by atoms with E-state index in [-0.39, 0.29) is 6.04 Å². The molecule has 2 aliphatic rings. The zero-order chi connectivity index (χ0) is 13.4. The van der Waals surface area contributed by atoms with Crippen LogP contribution in [0.3, 0.4) is 0 Å². The molecule has 0 amide bonds. The van der Waals surface area contributed by atoms with Crippen LogP contribution in [0.2, 0.25) is 5.02 Å². The molecule has 4 heteroatoms. The van der Waals surface area contributed by atoms with Crippen molar-refractivity contribution < 1.29 is 0 Å². The highest BCUT2D eigenvalue weighted by Gasteiger charge is 2.40. The summed E-state index contributed by atoms with van der Waals surface area (Å²) in [5.41, 5.74) is 7.49. The molecule has 1 aromatic heterocycles. The van der Waals surface area contributed by atoms with Gasteiger partial charge in [0.2, 0.25) is 0 Å². The summed E-state index contributed by atoms with van der Waals surface area (Å²) in [5.74, 6) is 2.73. The third-order valence-electron chi connectivity index (χ3n) is 5.06. The molecule has 0 radical (unpaired) electrons. The van der Waals surface area contributed by atoms with Crippen LogP contribution in [0.1, 0.15) is 57.2 Å². The lowest BCUT2D eigenvalue weighted by Gasteiger charge is -2.25. The number of aromatic nitrogens is 2. The number of hydrogen-bond donors (Lipinski definition) is 1. The second kappa shape index (κ2) is 5.45. The lowest BCUT2D eigenvalue weighted by molar-refractivity contribution is 0.291. The van der Waals surface area contributed by atoms with Gasteiger partial charge in [-0.05, 0) is 49.9 Å². The van der Waals surface area contributed by atoms with E-state index in [4.69, 9.17) is 17.3 Å². The van der Waals surface area contributed by atoms with Crippen molar-refractivity contribution in [3.63, 3.8) is 0 Å². The molecule has 1 aromatic rings. The Morgan fingerprint density at radius 3 is 2.95 bits per heavy atom. The van der Waals surface area contributed by atoms with Gasteiger partial charge < -0.3 is 5.73 Å². The van der Waals surface area contributed by atoms with Crippen molar-refractivity contribution in [3.8, 4) is 0 Å². The quantitative estimate of drug-likeness (QED) is 0.893. The highest BCUT2D eigenvalue weighted by molar-refractivity contribution is 6.31. The van der Waals surface area contributed by atoms with Crippen LogP contribution >= 0.6 is 11.6 Å². The van der Waals surface area contributed by atoms with Crippen molar-refractivity contribution in [3.05, 3.63) is 16.9 Å². The Labute approximate surface area is 120 Å². The third-order valence-corrected chi connectivity index (χ3v) is 5.35. The summed E-state index contributed by atoms with van der Waals surface area (Å²) >= 11 is 6.28. The molecule has 3 nitrogen and oxygen atoms in total. The second-order valence-electron chi connectivity index (χ2n) is 6.38. The van der Waals surface area contributed by atoms with Crippen LogP contribution in [0.4, 0.5) is 0 Å². The Morgan fingerprint density at radius 2 is 2.32 bits per heavy atom. The zero-order valence-corrected chi connectivity index (χ0v) is 12.4. The average Bonchev–Trinajstić information content (AvgIpc) is 3.05.